The molecule has 0 unspecified atom stereocenters. The van der Waals surface area contributed by atoms with Gasteiger partial charge in [0.15, 0.2) is 0 Å². The highest BCUT2D eigenvalue weighted by atomic mass is 19.1. The fourth-order valence-corrected chi connectivity index (χ4v) is 2.12. The summed E-state index contributed by atoms with van der Waals surface area (Å²) in [6.45, 7) is 4.99. The van der Waals surface area contributed by atoms with Crippen molar-refractivity contribution in [2.24, 2.45) is 0 Å². The van der Waals surface area contributed by atoms with Crippen molar-refractivity contribution in [1.29, 1.82) is 0 Å². The second-order valence-corrected chi connectivity index (χ2v) is 4.39. The Balaban J connectivity index is 2.37. The lowest BCUT2D eigenvalue weighted by molar-refractivity contribution is 0.627. The summed E-state index contributed by atoms with van der Waals surface area (Å²) in [6.07, 6.45) is 0.954. The Kier molecular flexibility index (Phi) is 3.77. The second-order valence-electron chi connectivity index (χ2n) is 4.39. The van der Waals surface area contributed by atoms with Crippen LogP contribution in [-0.4, -0.2) is 23.4 Å². The van der Waals surface area contributed by atoms with Gasteiger partial charge in [0, 0.05) is 5.69 Å². The number of likely N-dealkylation sites (N-methyl/N-ethyl adjacent to an activating group) is 1. The van der Waals surface area contributed by atoms with Gasteiger partial charge in [-0.25, -0.2) is 9.07 Å². The maximum atomic E-state index is 12.9. The molecule has 3 nitrogen and oxygen atoms in total. The lowest BCUT2D eigenvalue weighted by Gasteiger charge is -2.05. The van der Waals surface area contributed by atoms with Gasteiger partial charge in [-0.05, 0) is 63.7 Å². The standard InChI is InChI=1S/C14H18FN3/c1-10-14(8-9-16-3)11(2)18(17-10)13-6-4-12(15)5-7-13/h4-7,16H,8-9H2,1-3H3. The smallest absolute Gasteiger partial charge is 0.123 e. The van der Waals surface area contributed by atoms with E-state index >= 15 is 0 Å². The molecule has 96 valence electrons. The maximum absolute atomic E-state index is 12.9. The van der Waals surface area contributed by atoms with Crippen LogP contribution in [-0.2, 0) is 6.42 Å². The van der Waals surface area contributed by atoms with Crippen LogP contribution < -0.4 is 5.32 Å². The molecular weight excluding hydrogens is 229 g/mol. The summed E-state index contributed by atoms with van der Waals surface area (Å²) in [4.78, 5) is 0. The average molecular weight is 247 g/mol. The fraction of sp³-hybridized carbons (Fsp3) is 0.357. The van der Waals surface area contributed by atoms with Gasteiger partial charge < -0.3 is 5.32 Å². The van der Waals surface area contributed by atoms with Gasteiger partial charge in [0.2, 0.25) is 0 Å². The van der Waals surface area contributed by atoms with Crippen molar-refractivity contribution < 1.29 is 4.39 Å². The maximum Gasteiger partial charge on any atom is 0.123 e. The fourth-order valence-electron chi connectivity index (χ4n) is 2.12. The number of halogens is 1. The number of aryl methyl sites for hydroxylation is 1. The Morgan fingerprint density at radius 1 is 1.22 bits per heavy atom. The summed E-state index contributed by atoms with van der Waals surface area (Å²) < 4.78 is 14.8. The minimum Gasteiger partial charge on any atom is -0.319 e. The van der Waals surface area contributed by atoms with E-state index in [0.717, 1.165) is 30.0 Å². The number of rotatable bonds is 4. The van der Waals surface area contributed by atoms with Crippen LogP contribution in [0.5, 0.6) is 0 Å². The van der Waals surface area contributed by atoms with Gasteiger partial charge in [-0.1, -0.05) is 0 Å². The first-order chi connectivity index (χ1) is 8.63. The monoisotopic (exact) mass is 247 g/mol. The molecule has 1 aromatic carbocycles. The Bertz CT molecular complexity index is 529. The summed E-state index contributed by atoms with van der Waals surface area (Å²) in [5.74, 6) is -0.226. The van der Waals surface area contributed by atoms with Crippen LogP contribution in [0, 0.1) is 19.7 Å². The molecule has 0 radical (unpaired) electrons. The molecule has 18 heavy (non-hydrogen) atoms. The van der Waals surface area contributed by atoms with Gasteiger partial charge in [0.25, 0.3) is 0 Å². The van der Waals surface area contributed by atoms with E-state index in [4.69, 9.17) is 0 Å². The molecule has 2 aromatic rings. The molecule has 0 fully saturated rings. The summed E-state index contributed by atoms with van der Waals surface area (Å²) in [7, 11) is 1.94. The van der Waals surface area contributed by atoms with Crippen LogP contribution in [0.25, 0.3) is 5.69 Å². The normalized spacial score (nSPS) is 10.9. The van der Waals surface area contributed by atoms with E-state index in [2.05, 4.69) is 10.4 Å². The van der Waals surface area contributed by atoms with E-state index in [1.807, 2.05) is 25.6 Å². The number of nitrogens with zero attached hydrogens (tertiary/aromatic N) is 2. The minimum atomic E-state index is -0.226. The SMILES string of the molecule is CNCCc1c(C)nn(-c2ccc(F)cc2)c1C. The van der Waals surface area contributed by atoms with E-state index in [-0.39, 0.29) is 5.82 Å². The van der Waals surface area contributed by atoms with Crippen molar-refractivity contribution in [3.63, 3.8) is 0 Å². The summed E-state index contributed by atoms with van der Waals surface area (Å²) >= 11 is 0. The Morgan fingerprint density at radius 2 is 1.89 bits per heavy atom. The Morgan fingerprint density at radius 3 is 2.50 bits per heavy atom. The first-order valence-corrected chi connectivity index (χ1v) is 6.09. The summed E-state index contributed by atoms with van der Waals surface area (Å²) in [6, 6.07) is 6.41. The largest absolute Gasteiger partial charge is 0.319 e. The van der Waals surface area contributed by atoms with Gasteiger partial charge in [0.05, 0.1) is 11.4 Å². The first kappa shape index (κ1) is 12.8. The van der Waals surface area contributed by atoms with Crippen LogP contribution >= 0.6 is 0 Å². The highest BCUT2D eigenvalue weighted by molar-refractivity contribution is 5.37. The van der Waals surface area contributed by atoms with Crippen LogP contribution in [0.2, 0.25) is 0 Å². The van der Waals surface area contributed by atoms with E-state index in [9.17, 15) is 4.39 Å². The predicted molar refractivity (Wildman–Crippen MR) is 70.6 cm³/mol. The molecule has 0 spiro atoms. The van der Waals surface area contributed by atoms with E-state index in [0.29, 0.717) is 0 Å². The molecule has 1 N–H and O–H groups in total. The number of hydrogen-bond donors (Lipinski definition) is 1. The van der Waals surface area contributed by atoms with Gasteiger partial charge in [-0.2, -0.15) is 5.10 Å². The molecule has 0 aliphatic carbocycles. The van der Waals surface area contributed by atoms with E-state index in [1.165, 1.54) is 17.7 Å². The number of nitrogens with one attached hydrogen (secondary N) is 1. The number of hydrogen-bond acceptors (Lipinski definition) is 2. The highest BCUT2D eigenvalue weighted by Gasteiger charge is 2.12. The zero-order valence-corrected chi connectivity index (χ0v) is 11.0. The van der Waals surface area contributed by atoms with Crippen molar-refractivity contribution in [2.45, 2.75) is 20.3 Å². The summed E-state index contributed by atoms with van der Waals surface area (Å²) in [5, 5.41) is 7.67. The molecule has 0 saturated heterocycles. The van der Waals surface area contributed by atoms with Gasteiger partial charge >= 0.3 is 0 Å². The summed E-state index contributed by atoms with van der Waals surface area (Å²) in [5.41, 5.74) is 4.31. The van der Waals surface area contributed by atoms with Crippen molar-refractivity contribution >= 4 is 0 Å². The topological polar surface area (TPSA) is 29.9 Å². The van der Waals surface area contributed by atoms with Gasteiger partial charge in [0.1, 0.15) is 5.82 Å². The van der Waals surface area contributed by atoms with Crippen molar-refractivity contribution in [3.8, 4) is 5.69 Å². The third-order valence-electron chi connectivity index (χ3n) is 3.14. The highest BCUT2D eigenvalue weighted by Crippen LogP contribution is 2.18. The Hall–Kier alpha value is -1.68. The molecule has 0 saturated carbocycles. The molecule has 0 aliphatic heterocycles. The van der Waals surface area contributed by atoms with Crippen LogP contribution in [0.1, 0.15) is 17.0 Å². The van der Waals surface area contributed by atoms with Gasteiger partial charge in [-0.3, -0.25) is 0 Å². The number of aromatic nitrogens is 2. The van der Waals surface area contributed by atoms with Crippen molar-refractivity contribution in [1.82, 2.24) is 15.1 Å². The first-order valence-electron chi connectivity index (χ1n) is 6.09. The molecular formula is C14H18FN3. The van der Waals surface area contributed by atoms with E-state index < -0.39 is 0 Å². The van der Waals surface area contributed by atoms with Gasteiger partial charge in [-0.15, -0.1) is 0 Å². The molecule has 0 atom stereocenters. The van der Waals surface area contributed by atoms with Crippen molar-refractivity contribution in [3.05, 3.63) is 47.0 Å². The number of benzene rings is 1. The molecule has 2 rings (SSSR count). The minimum absolute atomic E-state index is 0.226. The van der Waals surface area contributed by atoms with Crippen molar-refractivity contribution in [2.75, 3.05) is 13.6 Å². The van der Waals surface area contributed by atoms with Crippen LogP contribution in [0.4, 0.5) is 4.39 Å². The van der Waals surface area contributed by atoms with Crippen LogP contribution in [0.15, 0.2) is 24.3 Å². The van der Waals surface area contributed by atoms with E-state index in [1.54, 1.807) is 12.1 Å². The lowest BCUT2D eigenvalue weighted by atomic mass is 10.1. The molecule has 0 bridgehead atoms. The zero-order valence-electron chi connectivity index (χ0n) is 11.0. The Labute approximate surface area is 107 Å². The molecule has 1 heterocycles. The third-order valence-corrected chi connectivity index (χ3v) is 3.14. The third kappa shape index (κ3) is 2.43. The molecule has 1 aromatic heterocycles. The molecule has 0 amide bonds. The average Bonchev–Trinajstić information content (AvgIpc) is 2.64. The lowest BCUT2D eigenvalue weighted by Crippen LogP contribution is -2.11. The molecule has 0 aliphatic rings. The second kappa shape index (κ2) is 5.31. The molecule has 4 heteroatoms. The predicted octanol–water partition coefficient (Wildman–Crippen LogP) is 2.39. The zero-order chi connectivity index (χ0) is 13.1. The van der Waals surface area contributed by atoms with Crippen LogP contribution in [0.3, 0.4) is 0 Å². The quantitative estimate of drug-likeness (QED) is 0.899.